The molecule has 7 nitrogen and oxygen atoms in total. The summed E-state index contributed by atoms with van der Waals surface area (Å²) in [5.41, 5.74) is 10.1. The fraction of sp³-hybridized carbons (Fsp3) is 0.346. The van der Waals surface area contributed by atoms with E-state index >= 15 is 0 Å². The van der Waals surface area contributed by atoms with Crippen LogP contribution in [0.4, 0.5) is 10.2 Å². The van der Waals surface area contributed by atoms with Crippen LogP contribution >= 0.6 is 0 Å². The molecule has 176 valence electrons. The number of nitrogens with zero attached hydrogens (tertiary/aromatic N) is 3. The number of nitrogen functional groups attached to an aromatic ring is 1. The Hall–Kier alpha value is -3.86. The monoisotopic (exact) mass is 461 g/mol. The number of ether oxygens (including phenoxy) is 1. The summed E-state index contributed by atoms with van der Waals surface area (Å²) in [6.07, 6.45) is 4.65. The van der Waals surface area contributed by atoms with Crippen LogP contribution in [0.3, 0.4) is 0 Å². The molecule has 34 heavy (non-hydrogen) atoms. The maximum absolute atomic E-state index is 13.2. The molecule has 2 aromatic carbocycles. The minimum atomic E-state index is -0.359. The standard InChI is InChI=1S/C26H28FN5O2/c1-34-21-11-12-22-17(14-21)4-2-5-18(22)15-25(33)30-13-3-6-24-23(16-28)26(29)32(31-24)20-9-7-19(27)8-10-20/h7-12,14,18H,2-6,13,15,29H2,1H3,(H,30,33). The number of amides is 1. The number of aryl methyl sites for hydroxylation is 2. The van der Waals surface area contributed by atoms with Crippen molar-refractivity contribution in [3.63, 3.8) is 0 Å². The number of nitrogens with two attached hydrogens (primary N) is 1. The second-order valence-electron chi connectivity index (χ2n) is 8.52. The first-order valence-electron chi connectivity index (χ1n) is 11.5. The molecule has 0 fully saturated rings. The minimum absolute atomic E-state index is 0.0190. The van der Waals surface area contributed by atoms with Crippen LogP contribution in [0.25, 0.3) is 5.69 Å². The summed E-state index contributed by atoms with van der Waals surface area (Å²) in [5, 5.41) is 17.0. The van der Waals surface area contributed by atoms with E-state index in [1.54, 1.807) is 19.2 Å². The number of aromatic nitrogens is 2. The number of anilines is 1. The van der Waals surface area contributed by atoms with Gasteiger partial charge in [0.25, 0.3) is 0 Å². The average molecular weight is 462 g/mol. The average Bonchev–Trinajstić information content (AvgIpc) is 3.17. The lowest BCUT2D eigenvalue weighted by Crippen LogP contribution is -2.27. The SMILES string of the molecule is COc1ccc2c(c1)CCCC2CC(=O)NCCCc1nn(-c2ccc(F)cc2)c(N)c1C#N. The molecular formula is C26H28FN5O2. The Morgan fingerprint density at radius 3 is 2.85 bits per heavy atom. The highest BCUT2D eigenvalue weighted by Gasteiger charge is 2.23. The molecule has 1 atom stereocenters. The smallest absolute Gasteiger partial charge is 0.220 e. The molecule has 1 unspecified atom stereocenters. The first-order chi connectivity index (χ1) is 16.5. The molecule has 3 aromatic rings. The van der Waals surface area contributed by atoms with E-state index in [0.717, 1.165) is 25.0 Å². The van der Waals surface area contributed by atoms with E-state index < -0.39 is 0 Å². The van der Waals surface area contributed by atoms with Crippen LogP contribution in [-0.2, 0) is 17.6 Å². The van der Waals surface area contributed by atoms with Crippen molar-refractivity contribution in [1.29, 1.82) is 5.26 Å². The Morgan fingerprint density at radius 2 is 2.12 bits per heavy atom. The molecule has 1 amide bonds. The van der Waals surface area contributed by atoms with Crippen molar-refractivity contribution in [1.82, 2.24) is 15.1 Å². The van der Waals surface area contributed by atoms with E-state index in [-0.39, 0.29) is 23.5 Å². The fourth-order valence-electron chi connectivity index (χ4n) is 4.56. The van der Waals surface area contributed by atoms with Gasteiger partial charge in [0.2, 0.25) is 5.91 Å². The summed E-state index contributed by atoms with van der Waals surface area (Å²) >= 11 is 0. The van der Waals surface area contributed by atoms with Gasteiger partial charge in [0.1, 0.15) is 29.0 Å². The molecule has 0 spiro atoms. The van der Waals surface area contributed by atoms with Gasteiger partial charge in [-0.2, -0.15) is 10.4 Å². The minimum Gasteiger partial charge on any atom is -0.497 e. The molecule has 0 aliphatic heterocycles. The van der Waals surface area contributed by atoms with Gasteiger partial charge in [-0.05, 0) is 85.5 Å². The molecule has 0 saturated heterocycles. The maximum Gasteiger partial charge on any atom is 0.220 e. The number of rotatable bonds is 8. The molecule has 1 aliphatic carbocycles. The number of carbonyl (C=O) groups excluding carboxylic acids is 1. The molecule has 3 N–H and O–H groups in total. The van der Waals surface area contributed by atoms with Crippen molar-refractivity contribution >= 4 is 11.7 Å². The molecular weight excluding hydrogens is 433 g/mol. The topological polar surface area (TPSA) is 106 Å². The summed E-state index contributed by atoms with van der Waals surface area (Å²) in [6.45, 7) is 0.481. The lowest BCUT2D eigenvalue weighted by atomic mass is 9.81. The number of benzene rings is 2. The number of nitrogens with one attached hydrogen (secondary N) is 1. The maximum atomic E-state index is 13.2. The second kappa shape index (κ2) is 10.4. The highest BCUT2D eigenvalue weighted by molar-refractivity contribution is 5.77. The van der Waals surface area contributed by atoms with E-state index in [4.69, 9.17) is 10.5 Å². The molecule has 0 bridgehead atoms. The van der Waals surface area contributed by atoms with Gasteiger partial charge in [-0.25, -0.2) is 9.07 Å². The summed E-state index contributed by atoms with van der Waals surface area (Å²) in [7, 11) is 1.66. The van der Waals surface area contributed by atoms with E-state index in [2.05, 4.69) is 28.6 Å². The molecule has 0 saturated carbocycles. The first kappa shape index (κ1) is 23.3. The number of nitriles is 1. The Morgan fingerprint density at radius 1 is 1.32 bits per heavy atom. The van der Waals surface area contributed by atoms with Crippen LogP contribution in [0, 0.1) is 17.1 Å². The Kier molecular flexibility index (Phi) is 7.12. The van der Waals surface area contributed by atoms with Gasteiger partial charge in [0, 0.05) is 13.0 Å². The number of fused-ring (bicyclic) bond motifs is 1. The summed E-state index contributed by atoms with van der Waals surface area (Å²) < 4.78 is 20.0. The zero-order chi connectivity index (χ0) is 24.1. The summed E-state index contributed by atoms with van der Waals surface area (Å²) in [5.74, 6) is 0.947. The zero-order valence-corrected chi connectivity index (χ0v) is 19.2. The number of methoxy groups -OCH3 is 1. The van der Waals surface area contributed by atoms with Crippen molar-refractivity contribution in [3.8, 4) is 17.5 Å². The Bertz CT molecular complexity index is 1210. The molecule has 1 heterocycles. The van der Waals surface area contributed by atoms with Crippen molar-refractivity contribution in [3.05, 3.63) is 70.7 Å². The van der Waals surface area contributed by atoms with Crippen LogP contribution in [0.1, 0.15) is 54.0 Å². The number of halogens is 1. The molecule has 1 aromatic heterocycles. The van der Waals surface area contributed by atoms with Gasteiger partial charge in [0.05, 0.1) is 18.5 Å². The lowest BCUT2D eigenvalue weighted by Gasteiger charge is -2.25. The Labute approximate surface area is 198 Å². The van der Waals surface area contributed by atoms with E-state index in [0.29, 0.717) is 42.8 Å². The van der Waals surface area contributed by atoms with Crippen LogP contribution in [0.15, 0.2) is 42.5 Å². The number of hydrogen-bond acceptors (Lipinski definition) is 5. The highest BCUT2D eigenvalue weighted by atomic mass is 19.1. The third-order valence-electron chi connectivity index (χ3n) is 6.31. The largest absolute Gasteiger partial charge is 0.497 e. The quantitative estimate of drug-likeness (QED) is 0.493. The predicted octanol–water partition coefficient (Wildman–Crippen LogP) is 4.03. The van der Waals surface area contributed by atoms with Crippen molar-refractivity contribution in [2.75, 3.05) is 19.4 Å². The van der Waals surface area contributed by atoms with Gasteiger partial charge < -0.3 is 15.8 Å². The van der Waals surface area contributed by atoms with Crippen molar-refractivity contribution < 1.29 is 13.9 Å². The normalized spacial score (nSPS) is 14.8. The van der Waals surface area contributed by atoms with E-state index in [9.17, 15) is 14.4 Å². The number of hydrogen-bond donors (Lipinski definition) is 2. The van der Waals surface area contributed by atoms with Crippen LogP contribution in [-0.4, -0.2) is 29.3 Å². The first-order valence-corrected chi connectivity index (χ1v) is 11.5. The van der Waals surface area contributed by atoms with Gasteiger partial charge in [-0.1, -0.05) is 6.07 Å². The van der Waals surface area contributed by atoms with Gasteiger partial charge in [0.15, 0.2) is 0 Å². The summed E-state index contributed by atoms with van der Waals surface area (Å²) in [4.78, 5) is 12.6. The predicted molar refractivity (Wildman–Crippen MR) is 127 cm³/mol. The van der Waals surface area contributed by atoms with Crippen molar-refractivity contribution in [2.24, 2.45) is 0 Å². The van der Waals surface area contributed by atoms with Gasteiger partial charge in [-0.15, -0.1) is 0 Å². The Balaban J connectivity index is 1.32. The van der Waals surface area contributed by atoms with Crippen LogP contribution in [0.2, 0.25) is 0 Å². The molecule has 8 heteroatoms. The van der Waals surface area contributed by atoms with Crippen molar-refractivity contribution in [2.45, 2.75) is 44.4 Å². The summed E-state index contributed by atoms with van der Waals surface area (Å²) in [6, 6.07) is 14.0. The fourth-order valence-corrected chi connectivity index (χ4v) is 4.56. The van der Waals surface area contributed by atoms with E-state index in [1.165, 1.54) is 27.9 Å². The molecule has 1 aliphatic rings. The third kappa shape index (κ3) is 5.04. The lowest BCUT2D eigenvalue weighted by molar-refractivity contribution is -0.121. The highest BCUT2D eigenvalue weighted by Crippen LogP contribution is 2.35. The third-order valence-corrected chi connectivity index (χ3v) is 6.31. The van der Waals surface area contributed by atoms with E-state index in [1.807, 2.05) is 6.07 Å². The zero-order valence-electron chi connectivity index (χ0n) is 19.2. The molecule has 4 rings (SSSR count). The molecule has 0 radical (unpaired) electrons. The van der Waals surface area contributed by atoms with Crippen LogP contribution in [0.5, 0.6) is 5.75 Å². The van der Waals surface area contributed by atoms with Crippen LogP contribution < -0.4 is 15.8 Å². The second-order valence-corrected chi connectivity index (χ2v) is 8.52. The van der Waals surface area contributed by atoms with Gasteiger partial charge >= 0.3 is 0 Å². The van der Waals surface area contributed by atoms with Gasteiger partial charge in [-0.3, -0.25) is 4.79 Å². The number of carbonyl (C=O) groups is 1.